The summed E-state index contributed by atoms with van der Waals surface area (Å²) in [6.45, 7) is 6.69. The number of anilines is 1. The van der Waals surface area contributed by atoms with Crippen LogP contribution in [0.5, 0.6) is 17.2 Å². The monoisotopic (exact) mass is 410 g/mol. The van der Waals surface area contributed by atoms with Crippen LogP contribution in [-0.2, 0) is 4.79 Å². The number of benzene rings is 2. The van der Waals surface area contributed by atoms with Gasteiger partial charge in [-0.3, -0.25) is 9.59 Å². The fourth-order valence-corrected chi connectivity index (χ4v) is 2.86. The van der Waals surface area contributed by atoms with Crippen molar-refractivity contribution in [3.8, 4) is 17.2 Å². The molecule has 0 saturated heterocycles. The van der Waals surface area contributed by atoms with E-state index in [1.807, 2.05) is 20.8 Å². The molecule has 0 spiro atoms. The summed E-state index contributed by atoms with van der Waals surface area (Å²) >= 11 is 0. The van der Waals surface area contributed by atoms with Gasteiger partial charge in [-0.1, -0.05) is 0 Å². The molecule has 0 bridgehead atoms. The molecule has 0 atom stereocenters. The van der Waals surface area contributed by atoms with E-state index in [1.54, 1.807) is 49.6 Å². The summed E-state index contributed by atoms with van der Waals surface area (Å²) in [6.07, 6.45) is 3.09. The van der Waals surface area contributed by atoms with Gasteiger partial charge in [0.25, 0.3) is 5.91 Å². The van der Waals surface area contributed by atoms with Gasteiger partial charge in [0.1, 0.15) is 13.2 Å². The number of methoxy groups -OCH3 is 1. The van der Waals surface area contributed by atoms with Crippen LogP contribution in [0.1, 0.15) is 36.7 Å². The number of ether oxygens (including phenoxy) is 3. The van der Waals surface area contributed by atoms with Crippen molar-refractivity contribution in [1.82, 2.24) is 5.32 Å². The molecule has 0 radical (unpaired) electrons. The molecule has 1 heterocycles. The predicted molar refractivity (Wildman–Crippen MR) is 115 cm³/mol. The van der Waals surface area contributed by atoms with Crippen LogP contribution in [0, 0.1) is 0 Å². The van der Waals surface area contributed by atoms with Crippen molar-refractivity contribution < 1.29 is 23.8 Å². The predicted octanol–water partition coefficient (Wildman–Crippen LogP) is 3.65. The molecule has 2 amide bonds. The largest absolute Gasteiger partial charge is 0.493 e. The maximum atomic E-state index is 12.3. The number of carbonyl (C=O) groups is 2. The second kappa shape index (κ2) is 8.90. The van der Waals surface area contributed by atoms with E-state index in [2.05, 4.69) is 10.6 Å². The van der Waals surface area contributed by atoms with Crippen molar-refractivity contribution in [3.63, 3.8) is 0 Å². The Morgan fingerprint density at radius 2 is 1.77 bits per heavy atom. The zero-order valence-electron chi connectivity index (χ0n) is 17.6. The van der Waals surface area contributed by atoms with Crippen molar-refractivity contribution in [2.75, 3.05) is 25.6 Å². The fraction of sp³-hybridized carbons (Fsp3) is 0.304. The van der Waals surface area contributed by atoms with Gasteiger partial charge in [0.15, 0.2) is 11.5 Å². The Morgan fingerprint density at radius 3 is 2.43 bits per heavy atom. The maximum absolute atomic E-state index is 12.3. The Labute approximate surface area is 176 Å². The van der Waals surface area contributed by atoms with Gasteiger partial charge >= 0.3 is 0 Å². The van der Waals surface area contributed by atoms with E-state index in [-0.39, 0.29) is 17.4 Å². The molecule has 7 nitrogen and oxygen atoms in total. The molecular weight excluding hydrogens is 384 g/mol. The maximum Gasteiger partial charge on any atom is 0.251 e. The Balaban J connectivity index is 1.64. The zero-order chi connectivity index (χ0) is 21.7. The van der Waals surface area contributed by atoms with Gasteiger partial charge in [-0.15, -0.1) is 0 Å². The molecule has 0 aromatic heterocycles. The first kappa shape index (κ1) is 21.2. The summed E-state index contributed by atoms with van der Waals surface area (Å²) in [5, 5.41) is 5.67. The number of carbonyl (C=O) groups excluding carboxylic acids is 2. The van der Waals surface area contributed by atoms with Crippen LogP contribution in [0.2, 0.25) is 0 Å². The summed E-state index contributed by atoms with van der Waals surface area (Å²) in [7, 11) is 1.55. The highest BCUT2D eigenvalue weighted by molar-refractivity contribution is 6.02. The third-order valence-corrected chi connectivity index (χ3v) is 4.18. The molecule has 7 heteroatoms. The lowest BCUT2D eigenvalue weighted by atomic mass is 10.1. The average molecular weight is 410 g/mol. The molecule has 0 aliphatic carbocycles. The quantitative estimate of drug-likeness (QED) is 0.735. The van der Waals surface area contributed by atoms with Crippen LogP contribution < -0.4 is 24.8 Å². The van der Waals surface area contributed by atoms with E-state index in [1.165, 1.54) is 6.08 Å². The molecule has 1 aliphatic rings. The van der Waals surface area contributed by atoms with Crippen LogP contribution >= 0.6 is 0 Å². The van der Waals surface area contributed by atoms with E-state index in [0.717, 1.165) is 5.56 Å². The minimum atomic E-state index is -0.314. The molecule has 2 aromatic carbocycles. The highest BCUT2D eigenvalue weighted by Gasteiger charge is 2.18. The summed E-state index contributed by atoms with van der Waals surface area (Å²) in [5.41, 5.74) is 1.56. The van der Waals surface area contributed by atoms with Crippen LogP contribution in [0.3, 0.4) is 0 Å². The Hall–Kier alpha value is -3.48. The van der Waals surface area contributed by atoms with Crippen LogP contribution in [0.4, 0.5) is 5.69 Å². The summed E-state index contributed by atoms with van der Waals surface area (Å²) in [6, 6.07) is 10.3. The normalized spacial score (nSPS) is 13.1. The lowest BCUT2D eigenvalue weighted by Crippen LogP contribution is -2.40. The van der Waals surface area contributed by atoms with E-state index >= 15 is 0 Å². The lowest BCUT2D eigenvalue weighted by Gasteiger charge is -2.20. The number of rotatable bonds is 5. The number of hydrogen-bond acceptors (Lipinski definition) is 5. The number of hydrogen-bond donors (Lipinski definition) is 2. The second-order valence-corrected chi connectivity index (χ2v) is 7.85. The van der Waals surface area contributed by atoms with Crippen LogP contribution in [-0.4, -0.2) is 37.7 Å². The molecular formula is C23H26N2O5. The molecule has 1 aliphatic heterocycles. The van der Waals surface area contributed by atoms with Gasteiger partial charge in [0.2, 0.25) is 11.7 Å². The highest BCUT2D eigenvalue weighted by atomic mass is 16.6. The van der Waals surface area contributed by atoms with Gasteiger partial charge in [-0.05, 0) is 68.8 Å². The van der Waals surface area contributed by atoms with E-state index in [0.29, 0.717) is 41.7 Å². The van der Waals surface area contributed by atoms with Gasteiger partial charge < -0.3 is 24.8 Å². The highest BCUT2D eigenvalue weighted by Crippen LogP contribution is 2.40. The number of amides is 2. The Morgan fingerprint density at radius 1 is 1.07 bits per heavy atom. The number of nitrogens with one attached hydrogen (secondary N) is 2. The van der Waals surface area contributed by atoms with Crippen LogP contribution in [0.25, 0.3) is 6.08 Å². The lowest BCUT2D eigenvalue weighted by molar-refractivity contribution is -0.111. The van der Waals surface area contributed by atoms with Crippen molar-refractivity contribution >= 4 is 23.6 Å². The number of fused-ring (bicyclic) bond motifs is 1. The SMILES string of the molecule is COc1cc(/C=C/C(=O)Nc2ccc(C(=O)NC(C)(C)C)cc2)cc2c1OCCO2. The molecule has 158 valence electrons. The third kappa shape index (κ3) is 5.53. The molecule has 2 N–H and O–H groups in total. The molecule has 30 heavy (non-hydrogen) atoms. The van der Waals surface area contributed by atoms with E-state index in [4.69, 9.17) is 14.2 Å². The fourth-order valence-electron chi connectivity index (χ4n) is 2.86. The van der Waals surface area contributed by atoms with Crippen molar-refractivity contribution in [1.29, 1.82) is 0 Å². The summed E-state index contributed by atoms with van der Waals surface area (Å²) in [4.78, 5) is 24.4. The molecule has 2 aromatic rings. The van der Waals surface area contributed by atoms with Crippen LogP contribution in [0.15, 0.2) is 42.5 Å². The molecule has 3 rings (SSSR count). The Bertz CT molecular complexity index is 942. The van der Waals surface area contributed by atoms with Gasteiger partial charge in [-0.25, -0.2) is 0 Å². The second-order valence-electron chi connectivity index (χ2n) is 7.85. The molecule has 0 saturated carbocycles. The van der Waals surface area contributed by atoms with E-state index in [9.17, 15) is 9.59 Å². The summed E-state index contributed by atoms with van der Waals surface area (Å²) in [5.74, 6) is 1.26. The van der Waals surface area contributed by atoms with Crippen molar-refractivity contribution in [3.05, 3.63) is 53.6 Å². The van der Waals surface area contributed by atoms with Crippen molar-refractivity contribution in [2.45, 2.75) is 26.3 Å². The topological polar surface area (TPSA) is 85.9 Å². The standard InChI is InChI=1S/C23H26N2O5/c1-23(2,3)25-22(27)16-6-8-17(9-7-16)24-20(26)10-5-15-13-18(28-4)21-19(14-15)29-11-12-30-21/h5-10,13-14H,11-12H2,1-4H3,(H,24,26)(H,25,27)/b10-5+. The smallest absolute Gasteiger partial charge is 0.251 e. The average Bonchev–Trinajstić information content (AvgIpc) is 2.71. The van der Waals surface area contributed by atoms with Gasteiger partial charge in [0, 0.05) is 22.9 Å². The summed E-state index contributed by atoms with van der Waals surface area (Å²) < 4.78 is 16.5. The minimum absolute atomic E-state index is 0.159. The van der Waals surface area contributed by atoms with E-state index < -0.39 is 0 Å². The first-order chi connectivity index (χ1) is 14.2. The van der Waals surface area contributed by atoms with Gasteiger partial charge in [0.05, 0.1) is 7.11 Å². The Kier molecular flexibility index (Phi) is 6.30. The minimum Gasteiger partial charge on any atom is -0.493 e. The molecule has 0 unspecified atom stereocenters. The first-order valence-corrected chi connectivity index (χ1v) is 9.64. The third-order valence-electron chi connectivity index (χ3n) is 4.18. The zero-order valence-corrected chi connectivity index (χ0v) is 17.6. The first-order valence-electron chi connectivity index (χ1n) is 9.64. The molecule has 0 fully saturated rings. The van der Waals surface area contributed by atoms with Gasteiger partial charge in [-0.2, -0.15) is 0 Å². The van der Waals surface area contributed by atoms with Crippen molar-refractivity contribution in [2.24, 2.45) is 0 Å².